The van der Waals surface area contributed by atoms with Gasteiger partial charge in [-0.1, -0.05) is 6.92 Å². The van der Waals surface area contributed by atoms with Gasteiger partial charge in [0, 0.05) is 12.1 Å². The van der Waals surface area contributed by atoms with Crippen LogP contribution in [0.5, 0.6) is 0 Å². The zero-order chi connectivity index (χ0) is 10.7. The number of likely N-dealkylation sites (tertiary alicyclic amines) is 1. The van der Waals surface area contributed by atoms with Gasteiger partial charge in [-0.3, -0.25) is 4.79 Å². The van der Waals surface area contributed by atoms with Crippen molar-refractivity contribution in [1.82, 2.24) is 4.90 Å². The van der Waals surface area contributed by atoms with Gasteiger partial charge in [0.25, 0.3) is 0 Å². The summed E-state index contributed by atoms with van der Waals surface area (Å²) < 4.78 is 0. The summed E-state index contributed by atoms with van der Waals surface area (Å²) in [6, 6.07) is 0.792. The highest BCUT2D eigenvalue weighted by molar-refractivity contribution is 7.81. The SMILES string of the molecule is CCC(S)C(=O)N1C(C)CCCC1C. The average Bonchev–Trinajstić information content (AvgIpc) is 2.16. The van der Waals surface area contributed by atoms with Gasteiger partial charge in [-0.05, 0) is 39.5 Å². The summed E-state index contributed by atoms with van der Waals surface area (Å²) in [6.45, 7) is 6.29. The third-order valence-corrected chi connectivity index (χ3v) is 3.71. The molecule has 0 aliphatic carbocycles. The molecule has 1 aliphatic rings. The Balaban J connectivity index is 2.67. The van der Waals surface area contributed by atoms with Crippen LogP contribution in [0.2, 0.25) is 0 Å². The molecule has 3 unspecified atom stereocenters. The normalized spacial score (nSPS) is 30.1. The smallest absolute Gasteiger partial charge is 0.235 e. The lowest BCUT2D eigenvalue weighted by Gasteiger charge is -2.40. The molecule has 0 bridgehead atoms. The van der Waals surface area contributed by atoms with Gasteiger partial charge in [-0.25, -0.2) is 0 Å². The molecule has 1 fully saturated rings. The fraction of sp³-hybridized carbons (Fsp3) is 0.909. The van der Waals surface area contributed by atoms with E-state index in [0.717, 1.165) is 19.3 Å². The Bertz CT molecular complexity index is 197. The maximum atomic E-state index is 12.0. The van der Waals surface area contributed by atoms with Gasteiger partial charge in [0.2, 0.25) is 5.91 Å². The second kappa shape index (κ2) is 5.06. The maximum Gasteiger partial charge on any atom is 0.235 e. The minimum Gasteiger partial charge on any atom is -0.336 e. The van der Waals surface area contributed by atoms with Crippen molar-refractivity contribution in [2.45, 2.75) is 63.8 Å². The Labute approximate surface area is 92.5 Å². The predicted molar refractivity (Wildman–Crippen MR) is 62.7 cm³/mol. The number of thiol groups is 1. The predicted octanol–water partition coefficient (Wildman–Crippen LogP) is 2.48. The highest BCUT2D eigenvalue weighted by Crippen LogP contribution is 2.24. The van der Waals surface area contributed by atoms with E-state index in [-0.39, 0.29) is 11.2 Å². The van der Waals surface area contributed by atoms with Gasteiger partial charge in [-0.2, -0.15) is 12.6 Å². The molecule has 3 atom stereocenters. The second-order valence-electron chi connectivity index (χ2n) is 4.30. The lowest BCUT2D eigenvalue weighted by molar-refractivity contribution is -0.136. The van der Waals surface area contributed by atoms with Crippen LogP contribution < -0.4 is 0 Å². The van der Waals surface area contributed by atoms with Crippen LogP contribution in [0.15, 0.2) is 0 Å². The van der Waals surface area contributed by atoms with Gasteiger partial charge >= 0.3 is 0 Å². The Morgan fingerprint density at radius 3 is 2.36 bits per heavy atom. The van der Waals surface area contributed by atoms with E-state index in [9.17, 15) is 4.79 Å². The van der Waals surface area contributed by atoms with Gasteiger partial charge in [0.1, 0.15) is 0 Å². The van der Waals surface area contributed by atoms with Crippen molar-refractivity contribution < 1.29 is 4.79 Å². The second-order valence-corrected chi connectivity index (χ2v) is 4.92. The quantitative estimate of drug-likeness (QED) is 0.702. The van der Waals surface area contributed by atoms with Crippen molar-refractivity contribution >= 4 is 18.5 Å². The summed E-state index contributed by atoms with van der Waals surface area (Å²) in [5, 5.41) is -0.113. The van der Waals surface area contributed by atoms with Gasteiger partial charge in [-0.15, -0.1) is 0 Å². The summed E-state index contributed by atoms with van der Waals surface area (Å²) in [7, 11) is 0. The summed E-state index contributed by atoms with van der Waals surface area (Å²) in [6.07, 6.45) is 4.34. The zero-order valence-electron chi connectivity index (χ0n) is 9.36. The summed E-state index contributed by atoms with van der Waals surface area (Å²) in [5.41, 5.74) is 0. The highest BCUT2D eigenvalue weighted by Gasteiger charge is 2.31. The molecule has 2 nitrogen and oxygen atoms in total. The molecule has 1 rings (SSSR count). The first-order chi connectivity index (χ1) is 6.57. The average molecular weight is 215 g/mol. The minimum absolute atomic E-state index is 0.113. The van der Waals surface area contributed by atoms with Gasteiger partial charge in [0.15, 0.2) is 0 Å². The molecule has 82 valence electrons. The van der Waals surface area contributed by atoms with Gasteiger partial charge < -0.3 is 4.90 Å². The molecular weight excluding hydrogens is 194 g/mol. The molecule has 0 aromatic heterocycles. The Hall–Kier alpha value is -0.180. The molecule has 1 amide bonds. The number of carbonyl (C=O) groups excluding carboxylic acids is 1. The van der Waals surface area contributed by atoms with Crippen molar-refractivity contribution in [1.29, 1.82) is 0 Å². The molecule has 3 heteroatoms. The van der Waals surface area contributed by atoms with Crippen molar-refractivity contribution in [2.75, 3.05) is 0 Å². The summed E-state index contributed by atoms with van der Waals surface area (Å²) >= 11 is 4.33. The topological polar surface area (TPSA) is 20.3 Å². The van der Waals surface area contributed by atoms with E-state index in [1.54, 1.807) is 0 Å². The van der Waals surface area contributed by atoms with E-state index < -0.39 is 0 Å². The fourth-order valence-corrected chi connectivity index (χ4v) is 2.34. The number of hydrogen-bond donors (Lipinski definition) is 1. The van der Waals surface area contributed by atoms with Crippen molar-refractivity contribution in [3.63, 3.8) is 0 Å². The van der Waals surface area contributed by atoms with E-state index in [1.165, 1.54) is 6.42 Å². The van der Waals surface area contributed by atoms with Gasteiger partial charge in [0.05, 0.1) is 5.25 Å². The maximum absolute atomic E-state index is 12.0. The first-order valence-corrected chi connectivity index (χ1v) is 6.09. The van der Waals surface area contributed by atoms with Crippen molar-refractivity contribution in [3.8, 4) is 0 Å². The molecule has 0 spiro atoms. The third kappa shape index (κ3) is 2.44. The number of hydrogen-bond acceptors (Lipinski definition) is 2. The van der Waals surface area contributed by atoms with Crippen LogP contribution in [0.4, 0.5) is 0 Å². The lowest BCUT2D eigenvalue weighted by Crippen LogP contribution is -2.50. The molecule has 0 saturated carbocycles. The molecule has 0 radical (unpaired) electrons. The van der Waals surface area contributed by atoms with Crippen LogP contribution in [-0.4, -0.2) is 28.1 Å². The van der Waals surface area contributed by atoms with Crippen LogP contribution in [0, 0.1) is 0 Å². The van der Waals surface area contributed by atoms with E-state index in [0.29, 0.717) is 12.1 Å². The number of rotatable bonds is 2. The first-order valence-electron chi connectivity index (χ1n) is 5.58. The standard InChI is InChI=1S/C11H21NOS/c1-4-10(14)11(13)12-8(2)6-5-7-9(12)3/h8-10,14H,4-7H2,1-3H3. The Morgan fingerprint density at radius 1 is 1.43 bits per heavy atom. The number of amides is 1. The zero-order valence-corrected chi connectivity index (χ0v) is 10.3. The van der Waals surface area contributed by atoms with Crippen LogP contribution >= 0.6 is 12.6 Å². The minimum atomic E-state index is -0.113. The number of carbonyl (C=O) groups is 1. The molecule has 1 heterocycles. The van der Waals surface area contributed by atoms with Crippen LogP contribution in [0.3, 0.4) is 0 Å². The molecule has 1 saturated heterocycles. The molecule has 0 aromatic rings. The van der Waals surface area contributed by atoms with Crippen molar-refractivity contribution in [2.24, 2.45) is 0 Å². The van der Waals surface area contributed by atoms with E-state index in [2.05, 4.69) is 26.5 Å². The molecule has 0 N–H and O–H groups in total. The first kappa shape index (κ1) is 11.9. The van der Waals surface area contributed by atoms with Crippen LogP contribution in [0.25, 0.3) is 0 Å². The number of nitrogens with zero attached hydrogens (tertiary/aromatic N) is 1. The lowest BCUT2D eigenvalue weighted by atomic mass is 9.97. The van der Waals surface area contributed by atoms with Crippen LogP contribution in [-0.2, 0) is 4.79 Å². The van der Waals surface area contributed by atoms with E-state index >= 15 is 0 Å². The van der Waals surface area contributed by atoms with E-state index in [4.69, 9.17) is 0 Å². The number of piperidine rings is 1. The largest absolute Gasteiger partial charge is 0.336 e. The van der Waals surface area contributed by atoms with Crippen molar-refractivity contribution in [3.05, 3.63) is 0 Å². The monoisotopic (exact) mass is 215 g/mol. The Kier molecular flexibility index (Phi) is 4.30. The molecule has 0 aromatic carbocycles. The molecule has 1 aliphatic heterocycles. The van der Waals surface area contributed by atoms with E-state index in [1.807, 2.05) is 11.8 Å². The molecular formula is C11H21NOS. The Morgan fingerprint density at radius 2 is 1.93 bits per heavy atom. The highest BCUT2D eigenvalue weighted by atomic mass is 32.1. The fourth-order valence-electron chi connectivity index (χ4n) is 2.20. The third-order valence-electron chi connectivity index (χ3n) is 3.12. The summed E-state index contributed by atoms with van der Waals surface area (Å²) in [5.74, 6) is 0.218. The summed E-state index contributed by atoms with van der Waals surface area (Å²) in [4.78, 5) is 14.0. The van der Waals surface area contributed by atoms with Crippen LogP contribution in [0.1, 0.15) is 46.5 Å². The molecule has 14 heavy (non-hydrogen) atoms.